The van der Waals surface area contributed by atoms with E-state index in [9.17, 15) is 31.9 Å². The number of ether oxygens (including phenoxy) is 2. The molecule has 2 amide bonds. The van der Waals surface area contributed by atoms with Gasteiger partial charge < -0.3 is 15.0 Å². The summed E-state index contributed by atoms with van der Waals surface area (Å²) in [5, 5.41) is 2.87. The van der Waals surface area contributed by atoms with Crippen molar-refractivity contribution >= 4 is 18.1 Å². The molecule has 4 fully saturated rings. The average molecular weight is 472 g/mol. The van der Waals surface area contributed by atoms with Crippen LogP contribution in [0.5, 0.6) is 0 Å². The molecule has 0 heterocycles. The Labute approximate surface area is 187 Å². The van der Waals surface area contributed by atoms with Gasteiger partial charge in [0.1, 0.15) is 12.4 Å². The van der Waals surface area contributed by atoms with Crippen molar-refractivity contribution in [3.63, 3.8) is 0 Å². The second-order valence-electron chi connectivity index (χ2n) is 9.29. The number of nitrogens with one attached hydrogen (secondary N) is 1. The van der Waals surface area contributed by atoms with Gasteiger partial charge in [-0.05, 0) is 49.9 Å². The largest absolute Gasteiger partial charge is 0.522 e. The van der Waals surface area contributed by atoms with Crippen LogP contribution in [0.4, 0.5) is 17.6 Å². The first-order valence-corrected chi connectivity index (χ1v) is 10.6. The number of alkyl halides is 3. The van der Waals surface area contributed by atoms with E-state index in [1.807, 2.05) is 0 Å². The molecule has 4 aliphatic carbocycles. The van der Waals surface area contributed by atoms with Crippen molar-refractivity contribution in [1.82, 2.24) is 10.2 Å². The first-order valence-electron chi connectivity index (χ1n) is 10.6. The molecule has 1 N–H and O–H groups in total. The number of carbonyl (C=O) groups excluding carboxylic acids is 3. The number of hydrogen-bond acceptors (Lipinski definition) is 5. The molecule has 0 atom stereocenters. The Balaban J connectivity index is 1.20. The van der Waals surface area contributed by atoms with E-state index in [-0.39, 0.29) is 37.7 Å². The predicted molar refractivity (Wildman–Crippen MR) is 106 cm³/mol. The lowest BCUT2D eigenvalue weighted by Gasteiger charge is -2.72. The fourth-order valence-corrected chi connectivity index (χ4v) is 5.13. The van der Waals surface area contributed by atoms with E-state index in [1.54, 1.807) is 6.92 Å². The quantitative estimate of drug-likeness (QED) is 0.322. The van der Waals surface area contributed by atoms with Crippen LogP contribution in [0.15, 0.2) is 18.2 Å². The number of hydrogen-bond donors (Lipinski definition) is 1. The molecule has 180 valence electrons. The molecular weight excluding hydrogens is 448 g/mol. The fourth-order valence-electron chi connectivity index (χ4n) is 5.13. The molecule has 1 aromatic carbocycles. The maximum absolute atomic E-state index is 13.3. The first-order chi connectivity index (χ1) is 15.4. The molecule has 0 unspecified atom stereocenters. The summed E-state index contributed by atoms with van der Waals surface area (Å²) < 4.78 is 58.9. The van der Waals surface area contributed by atoms with E-state index in [0.29, 0.717) is 36.8 Å². The predicted octanol–water partition coefficient (Wildman–Crippen LogP) is 2.65. The molecule has 1 aromatic rings. The molecule has 0 aliphatic heterocycles. The van der Waals surface area contributed by atoms with E-state index in [4.69, 9.17) is 4.74 Å². The number of Topliss-reactive ketones (excluding diaryl/α,β-unsaturated/α-hetero) is 1. The highest BCUT2D eigenvalue weighted by atomic mass is 19.4. The number of aryl methyl sites for hydroxylation is 1. The van der Waals surface area contributed by atoms with E-state index < -0.39 is 35.5 Å². The highest BCUT2D eigenvalue weighted by molar-refractivity contribution is 5.99. The van der Waals surface area contributed by atoms with Gasteiger partial charge in [0, 0.05) is 29.5 Å². The molecule has 0 spiro atoms. The van der Waals surface area contributed by atoms with Crippen LogP contribution in [-0.2, 0) is 19.1 Å². The lowest BCUT2D eigenvalue weighted by molar-refractivity contribution is -0.357. The molecule has 4 aliphatic rings. The normalized spacial score (nSPS) is 29.8. The number of benzene rings is 1. The first kappa shape index (κ1) is 23.6. The molecule has 2 bridgehead atoms. The van der Waals surface area contributed by atoms with Gasteiger partial charge in [0.05, 0.1) is 18.8 Å². The van der Waals surface area contributed by atoms with Crippen molar-refractivity contribution in [2.24, 2.45) is 0 Å². The van der Waals surface area contributed by atoms with Gasteiger partial charge in [0.15, 0.2) is 5.78 Å². The molecule has 7 nitrogen and oxygen atoms in total. The topological polar surface area (TPSA) is 84.9 Å². The zero-order valence-corrected chi connectivity index (χ0v) is 17.9. The molecule has 11 heteroatoms. The van der Waals surface area contributed by atoms with Gasteiger partial charge in [-0.15, -0.1) is 13.2 Å². The number of nitrogens with zero attached hydrogens (tertiary/aromatic N) is 1. The smallest absolute Gasteiger partial charge is 0.368 e. The Morgan fingerprint density at radius 3 is 2.45 bits per heavy atom. The molecule has 0 saturated heterocycles. The third-order valence-corrected chi connectivity index (χ3v) is 6.75. The Morgan fingerprint density at radius 1 is 1.21 bits per heavy atom. The van der Waals surface area contributed by atoms with Crippen molar-refractivity contribution in [2.75, 3.05) is 13.2 Å². The highest BCUT2D eigenvalue weighted by Gasteiger charge is 2.71. The van der Waals surface area contributed by atoms with E-state index in [1.165, 1.54) is 23.1 Å². The van der Waals surface area contributed by atoms with Gasteiger partial charge in [-0.2, -0.15) is 0 Å². The summed E-state index contributed by atoms with van der Waals surface area (Å²) >= 11 is 0. The summed E-state index contributed by atoms with van der Waals surface area (Å²) in [6.07, 6.45) is -3.76. The average Bonchev–Trinajstić information content (AvgIpc) is 2.62. The van der Waals surface area contributed by atoms with Gasteiger partial charge in [0.2, 0.25) is 12.3 Å². The molecular formula is C22H24F4N2O5. The van der Waals surface area contributed by atoms with Gasteiger partial charge in [-0.3, -0.25) is 19.1 Å². The van der Waals surface area contributed by atoms with Crippen LogP contribution < -0.4 is 5.32 Å². The third kappa shape index (κ3) is 4.89. The van der Waals surface area contributed by atoms with Crippen LogP contribution in [0, 0.1) is 12.7 Å². The molecule has 5 rings (SSSR count). The van der Waals surface area contributed by atoms with Crippen molar-refractivity contribution in [3.05, 3.63) is 35.1 Å². The third-order valence-electron chi connectivity index (χ3n) is 6.75. The van der Waals surface area contributed by atoms with Crippen molar-refractivity contribution in [1.29, 1.82) is 0 Å². The number of rotatable bonds is 10. The maximum atomic E-state index is 13.3. The second kappa shape index (κ2) is 8.35. The zero-order chi connectivity index (χ0) is 24.0. The van der Waals surface area contributed by atoms with E-state index in [2.05, 4.69) is 10.1 Å². The molecule has 0 radical (unpaired) electrons. The summed E-state index contributed by atoms with van der Waals surface area (Å²) in [7, 11) is 0. The van der Waals surface area contributed by atoms with Crippen molar-refractivity contribution < 1.29 is 41.4 Å². The van der Waals surface area contributed by atoms with Gasteiger partial charge in [0.25, 0.3) is 0 Å². The van der Waals surface area contributed by atoms with E-state index >= 15 is 0 Å². The highest BCUT2D eigenvalue weighted by Crippen LogP contribution is 2.63. The van der Waals surface area contributed by atoms with Crippen molar-refractivity contribution in [2.45, 2.75) is 68.7 Å². The second-order valence-corrected chi connectivity index (χ2v) is 9.29. The van der Waals surface area contributed by atoms with Gasteiger partial charge in [-0.1, -0.05) is 0 Å². The number of halogens is 4. The van der Waals surface area contributed by atoms with Crippen LogP contribution >= 0.6 is 0 Å². The Kier molecular flexibility index (Phi) is 5.98. The Bertz CT molecular complexity index is 941. The van der Waals surface area contributed by atoms with Crippen molar-refractivity contribution in [3.8, 4) is 0 Å². The standard InChI is InChI=1S/C22H24F4N2O5/c1-13-4-14(23)2-3-17(13)18(30)7-28(12-29)21-9-20(10-21,11-21)27-19(31)8-32-15-5-16(6-15)33-22(24,25)26/h2-4,12,15-16H,5-11H2,1H3,(H,27,31). The molecule has 0 aromatic heterocycles. The summed E-state index contributed by atoms with van der Waals surface area (Å²) in [6.45, 7) is 1.23. The van der Waals surface area contributed by atoms with Gasteiger partial charge in [-0.25, -0.2) is 4.39 Å². The fraction of sp³-hybridized carbons (Fsp3) is 0.591. The molecule has 33 heavy (non-hydrogen) atoms. The van der Waals surface area contributed by atoms with Crippen LogP contribution in [0.1, 0.15) is 48.0 Å². The maximum Gasteiger partial charge on any atom is 0.522 e. The number of ketones is 1. The lowest BCUT2D eigenvalue weighted by Crippen LogP contribution is -2.84. The van der Waals surface area contributed by atoms with Gasteiger partial charge >= 0.3 is 6.36 Å². The Morgan fingerprint density at radius 2 is 1.88 bits per heavy atom. The summed E-state index contributed by atoms with van der Waals surface area (Å²) in [6, 6.07) is 3.87. The minimum absolute atomic E-state index is 0.0803. The lowest BCUT2D eigenvalue weighted by atomic mass is 9.43. The SMILES string of the molecule is Cc1cc(F)ccc1C(=O)CN(C=O)C12CC(NC(=O)COC3CC(OC(F)(F)F)C3)(C1)C2. The number of amides is 2. The summed E-state index contributed by atoms with van der Waals surface area (Å²) in [5.41, 5.74) is -0.0999. The number of carbonyl (C=O) groups is 3. The van der Waals surface area contributed by atoms with Crippen LogP contribution in [0.2, 0.25) is 0 Å². The Hall–Kier alpha value is -2.53. The van der Waals surface area contributed by atoms with Crippen LogP contribution in [-0.4, -0.2) is 65.8 Å². The monoisotopic (exact) mass is 472 g/mol. The summed E-state index contributed by atoms with van der Waals surface area (Å²) in [5.74, 6) is -1.10. The zero-order valence-electron chi connectivity index (χ0n) is 17.9. The van der Waals surface area contributed by atoms with Crippen LogP contribution in [0.3, 0.4) is 0 Å². The summed E-state index contributed by atoms with van der Waals surface area (Å²) in [4.78, 5) is 37.9. The van der Waals surface area contributed by atoms with E-state index in [0.717, 1.165) is 0 Å². The minimum atomic E-state index is -4.68. The molecule has 4 saturated carbocycles. The van der Waals surface area contributed by atoms with Crippen LogP contribution in [0.25, 0.3) is 0 Å². The minimum Gasteiger partial charge on any atom is -0.368 e.